The number of hydrogen-bond acceptors (Lipinski definition) is 5. The third-order valence-electron chi connectivity index (χ3n) is 8.33. The van der Waals surface area contributed by atoms with E-state index in [9.17, 15) is 31.9 Å². The van der Waals surface area contributed by atoms with Gasteiger partial charge in [-0.1, -0.05) is 23.7 Å². The first kappa shape index (κ1) is 32.2. The van der Waals surface area contributed by atoms with Gasteiger partial charge < -0.3 is 19.4 Å². The molecule has 1 aromatic heterocycles. The Balaban J connectivity index is 1.26. The molecule has 238 valence electrons. The average Bonchev–Trinajstić information content (AvgIpc) is 3.47. The summed E-state index contributed by atoms with van der Waals surface area (Å²) in [4.78, 5) is 48.5. The summed E-state index contributed by atoms with van der Waals surface area (Å²) in [5.74, 6) is -1.46. The van der Waals surface area contributed by atoms with E-state index in [4.69, 9.17) is 16.3 Å². The number of likely N-dealkylation sites (N-methyl/N-ethyl adjacent to an activating group) is 1. The summed E-state index contributed by atoms with van der Waals surface area (Å²) in [5, 5.41) is 0.553. The van der Waals surface area contributed by atoms with Crippen LogP contribution in [-0.2, 0) is 11.0 Å². The second-order valence-electron chi connectivity index (χ2n) is 11.1. The van der Waals surface area contributed by atoms with Crippen molar-refractivity contribution >= 4 is 29.5 Å². The molecular formula is C32H31ClF4N4O4. The molecule has 2 fully saturated rings. The molecule has 0 aliphatic carbocycles. The molecule has 0 bridgehead atoms. The number of alkyl halides is 3. The van der Waals surface area contributed by atoms with Gasteiger partial charge in [0.15, 0.2) is 0 Å². The van der Waals surface area contributed by atoms with Crippen molar-refractivity contribution in [1.82, 2.24) is 19.7 Å². The molecule has 3 aromatic rings. The highest BCUT2D eigenvalue weighted by atomic mass is 35.5. The van der Waals surface area contributed by atoms with Crippen molar-refractivity contribution in [2.75, 3.05) is 32.7 Å². The second kappa shape index (κ2) is 13.4. The van der Waals surface area contributed by atoms with Gasteiger partial charge in [-0.3, -0.25) is 14.6 Å². The normalized spacial score (nSPS) is 19.0. The van der Waals surface area contributed by atoms with E-state index in [1.54, 1.807) is 21.9 Å². The Kier molecular flexibility index (Phi) is 9.62. The largest absolute Gasteiger partial charge is 0.417 e. The molecule has 2 aliphatic heterocycles. The number of ether oxygens (including phenoxy) is 1. The molecule has 8 nitrogen and oxygen atoms in total. The molecule has 3 heterocycles. The molecule has 2 aliphatic rings. The fourth-order valence-electron chi connectivity index (χ4n) is 5.92. The Morgan fingerprint density at radius 1 is 0.956 bits per heavy atom. The third-order valence-corrected chi connectivity index (χ3v) is 8.59. The molecule has 0 saturated carbocycles. The molecule has 0 unspecified atom stereocenters. The molecule has 0 radical (unpaired) electrons. The van der Waals surface area contributed by atoms with Crippen LogP contribution in [0.25, 0.3) is 0 Å². The highest BCUT2D eigenvalue weighted by molar-refractivity contribution is 6.30. The SMILES string of the molecule is CCN(C(=O)Oc1ccc(F)cc1)[C@@H]1CN(C(=O)C2CCN(C(=O)c3ccc(C(F)(F)F)cn3)CC2)C[C@H]1c1ccc(Cl)cc1. The fraction of sp³-hybridized carbons (Fsp3) is 0.375. The van der Waals surface area contributed by atoms with Crippen LogP contribution in [0, 0.1) is 11.7 Å². The van der Waals surface area contributed by atoms with Crippen LogP contribution < -0.4 is 4.74 Å². The van der Waals surface area contributed by atoms with Crippen molar-refractivity contribution in [3.05, 3.63) is 94.5 Å². The number of amides is 3. The number of carbonyl (C=O) groups is 3. The summed E-state index contributed by atoms with van der Waals surface area (Å²) in [5.41, 5.74) is -0.125. The van der Waals surface area contributed by atoms with Gasteiger partial charge in [0.25, 0.3) is 5.91 Å². The number of piperidine rings is 1. The van der Waals surface area contributed by atoms with Gasteiger partial charge in [0.2, 0.25) is 5.91 Å². The standard InChI is InChI=1S/C32H31ClF4N4O4/c1-2-41(31(44)45-25-10-8-24(34)9-11-25)28-19-40(18-26(28)20-3-6-23(33)7-4-20)29(42)21-13-15-39(16-14-21)30(43)27-12-5-22(17-38-27)32(35,36)37/h3-12,17,21,26,28H,2,13-16,18-19H2,1H3/t26-,28+/m0/s1. The maximum atomic E-state index is 13.8. The first-order valence-electron chi connectivity index (χ1n) is 14.6. The van der Waals surface area contributed by atoms with Crippen LogP contribution >= 0.6 is 11.6 Å². The van der Waals surface area contributed by atoms with E-state index in [0.29, 0.717) is 37.2 Å². The second-order valence-corrected chi connectivity index (χ2v) is 11.5. The Bertz CT molecular complexity index is 1510. The Morgan fingerprint density at radius 2 is 1.62 bits per heavy atom. The Hall–Kier alpha value is -4.19. The Labute approximate surface area is 262 Å². The van der Waals surface area contributed by atoms with Gasteiger partial charge in [-0.25, -0.2) is 9.18 Å². The van der Waals surface area contributed by atoms with E-state index in [-0.39, 0.29) is 48.8 Å². The summed E-state index contributed by atoms with van der Waals surface area (Å²) < 4.78 is 57.5. The van der Waals surface area contributed by atoms with Gasteiger partial charge in [0, 0.05) is 55.8 Å². The van der Waals surface area contributed by atoms with Gasteiger partial charge in [0.05, 0.1) is 11.6 Å². The van der Waals surface area contributed by atoms with E-state index in [1.807, 2.05) is 19.1 Å². The molecule has 5 rings (SSSR count). The number of carbonyl (C=O) groups excluding carboxylic acids is 3. The number of rotatable bonds is 6. The van der Waals surface area contributed by atoms with Crippen LogP contribution in [-0.4, -0.2) is 76.4 Å². The van der Waals surface area contributed by atoms with Crippen LogP contribution in [0.15, 0.2) is 66.9 Å². The lowest BCUT2D eigenvalue weighted by molar-refractivity contribution is -0.138. The number of aromatic nitrogens is 1. The fourth-order valence-corrected chi connectivity index (χ4v) is 6.04. The average molecular weight is 647 g/mol. The van der Waals surface area contributed by atoms with Crippen LogP contribution in [0.5, 0.6) is 5.75 Å². The third kappa shape index (κ3) is 7.38. The summed E-state index contributed by atoms with van der Waals surface area (Å²) in [6.07, 6.45) is -3.78. The van der Waals surface area contributed by atoms with Crippen LogP contribution in [0.3, 0.4) is 0 Å². The molecule has 2 atom stereocenters. The minimum Gasteiger partial charge on any atom is -0.410 e. The van der Waals surface area contributed by atoms with E-state index in [0.717, 1.165) is 17.7 Å². The van der Waals surface area contributed by atoms with Crippen LogP contribution in [0.4, 0.5) is 22.4 Å². The summed E-state index contributed by atoms with van der Waals surface area (Å²) in [6, 6.07) is 13.8. The number of nitrogens with zero attached hydrogens (tertiary/aromatic N) is 4. The Morgan fingerprint density at radius 3 is 2.20 bits per heavy atom. The molecular weight excluding hydrogens is 616 g/mol. The zero-order valence-electron chi connectivity index (χ0n) is 24.3. The van der Waals surface area contributed by atoms with Crippen LogP contribution in [0.1, 0.15) is 47.3 Å². The maximum Gasteiger partial charge on any atom is 0.417 e. The first-order valence-corrected chi connectivity index (χ1v) is 14.9. The number of hydrogen-bond donors (Lipinski definition) is 0. The van der Waals surface area contributed by atoms with Crippen molar-refractivity contribution in [2.24, 2.45) is 5.92 Å². The predicted octanol–water partition coefficient (Wildman–Crippen LogP) is 6.26. The number of pyridine rings is 1. The van der Waals surface area contributed by atoms with Crippen molar-refractivity contribution in [2.45, 2.75) is 37.9 Å². The van der Waals surface area contributed by atoms with E-state index in [1.165, 1.54) is 29.2 Å². The lowest BCUT2D eigenvalue weighted by Gasteiger charge is -2.33. The van der Waals surface area contributed by atoms with Crippen molar-refractivity contribution in [1.29, 1.82) is 0 Å². The topological polar surface area (TPSA) is 83.0 Å². The number of benzene rings is 2. The minimum atomic E-state index is -4.55. The zero-order chi connectivity index (χ0) is 32.3. The smallest absolute Gasteiger partial charge is 0.410 e. The molecule has 2 aromatic carbocycles. The molecule has 13 heteroatoms. The number of likely N-dealkylation sites (tertiary alicyclic amines) is 2. The quantitative estimate of drug-likeness (QED) is 0.295. The van der Waals surface area contributed by atoms with E-state index in [2.05, 4.69) is 4.98 Å². The molecule has 2 saturated heterocycles. The lowest BCUT2D eigenvalue weighted by atomic mass is 9.93. The predicted molar refractivity (Wildman–Crippen MR) is 157 cm³/mol. The zero-order valence-corrected chi connectivity index (χ0v) is 25.1. The van der Waals surface area contributed by atoms with Crippen molar-refractivity contribution in [3.8, 4) is 5.75 Å². The van der Waals surface area contributed by atoms with Gasteiger partial charge in [-0.05, 0) is 73.9 Å². The molecule has 0 N–H and O–H groups in total. The van der Waals surface area contributed by atoms with Gasteiger partial charge in [-0.15, -0.1) is 0 Å². The van der Waals surface area contributed by atoms with Crippen molar-refractivity contribution < 1.29 is 36.7 Å². The molecule has 45 heavy (non-hydrogen) atoms. The lowest BCUT2D eigenvalue weighted by Crippen LogP contribution is -2.47. The van der Waals surface area contributed by atoms with Gasteiger partial charge >= 0.3 is 12.3 Å². The molecule has 0 spiro atoms. The highest BCUT2D eigenvalue weighted by Gasteiger charge is 2.43. The summed E-state index contributed by atoms with van der Waals surface area (Å²) in [6.45, 7) is 3.22. The van der Waals surface area contributed by atoms with Crippen molar-refractivity contribution in [3.63, 3.8) is 0 Å². The monoisotopic (exact) mass is 646 g/mol. The first-order chi connectivity index (χ1) is 21.4. The van der Waals surface area contributed by atoms with Gasteiger partial charge in [0.1, 0.15) is 17.3 Å². The van der Waals surface area contributed by atoms with E-state index < -0.39 is 35.6 Å². The van der Waals surface area contributed by atoms with Crippen LogP contribution in [0.2, 0.25) is 5.02 Å². The summed E-state index contributed by atoms with van der Waals surface area (Å²) in [7, 11) is 0. The number of halogens is 5. The van der Waals surface area contributed by atoms with E-state index >= 15 is 0 Å². The minimum absolute atomic E-state index is 0.0897. The highest BCUT2D eigenvalue weighted by Crippen LogP contribution is 2.35. The van der Waals surface area contributed by atoms with Gasteiger partial charge in [-0.2, -0.15) is 13.2 Å². The molecule has 3 amide bonds. The maximum absolute atomic E-state index is 13.8. The summed E-state index contributed by atoms with van der Waals surface area (Å²) >= 11 is 6.12.